The van der Waals surface area contributed by atoms with Crippen molar-refractivity contribution in [1.29, 1.82) is 0 Å². The molecule has 1 heterocycles. The molecule has 2 atom stereocenters. The van der Waals surface area contributed by atoms with Gasteiger partial charge in [0.25, 0.3) is 0 Å². The van der Waals surface area contributed by atoms with Gasteiger partial charge in [-0.05, 0) is 39.7 Å². The Morgan fingerprint density at radius 3 is 2.83 bits per heavy atom. The van der Waals surface area contributed by atoms with Crippen molar-refractivity contribution in [3.8, 4) is 0 Å². The van der Waals surface area contributed by atoms with Crippen molar-refractivity contribution in [1.82, 2.24) is 4.90 Å². The van der Waals surface area contributed by atoms with E-state index in [1.807, 2.05) is 13.8 Å². The Morgan fingerprint density at radius 2 is 2.22 bits per heavy atom. The summed E-state index contributed by atoms with van der Waals surface area (Å²) in [5.41, 5.74) is 5.65. The molecule has 0 saturated carbocycles. The maximum Gasteiger partial charge on any atom is 0.323 e. The van der Waals surface area contributed by atoms with E-state index in [-0.39, 0.29) is 18.1 Å². The van der Waals surface area contributed by atoms with Crippen LogP contribution in [-0.4, -0.2) is 55.9 Å². The molecule has 18 heavy (non-hydrogen) atoms. The lowest BCUT2D eigenvalue weighted by Gasteiger charge is -2.24. The van der Waals surface area contributed by atoms with Gasteiger partial charge in [0.1, 0.15) is 6.04 Å². The molecule has 1 fully saturated rings. The number of ether oxygens (including phenoxy) is 2. The van der Waals surface area contributed by atoms with Crippen molar-refractivity contribution in [2.24, 2.45) is 5.73 Å². The Bertz CT molecular complexity index is 248. The fourth-order valence-electron chi connectivity index (χ4n) is 2.41. The first-order valence-electron chi connectivity index (χ1n) is 6.95. The van der Waals surface area contributed by atoms with Crippen molar-refractivity contribution in [2.75, 3.05) is 32.8 Å². The van der Waals surface area contributed by atoms with Crippen LogP contribution in [0, 0.1) is 0 Å². The summed E-state index contributed by atoms with van der Waals surface area (Å²) in [6.07, 6.45) is 2.94. The molecule has 0 radical (unpaired) electrons. The Hall–Kier alpha value is -0.650. The first kappa shape index (κ1) is 15.4. The third-order valence-electron chi connectivity index (χ3n) is 3.33. The number of carbonyl (C=O) groups is 1. The van der Waals surface area contributed by atoms with Crippen LogP contribution >= 0.6 is 0 Å². The van der Waals surface area contributed by atoms with Gasteiger partial charge in [0.15, 0.2) is 0 Å². The second kappa shape index (κ2) is 8.45. The van der Waals surface area contributed by atoms with Crippen molar-refractivity contribution < 1.29 is 14.3 Å². The zero-order valence-electron chi connectivity index (χ0n) is 11.6. The highest BCUT2D eigenvalue weighted by Gasteiger charge is 2.31. The third-order valence-corrected chi connectivity index (χ3v) is 3.33. The van der Waals surface area contributed by atoms with Crippen LogP contribution in [-0.2, 0) is 14.3 Å². The minimum atomic E-state index is -0.0873. The smallest absolute Gasteiger partial charge is 0.323 e. The molecule has 0 aliphatic carbocycles. The zero-order chi connectivity index (χ0) is 13.4. The maximum atomic E-state index is 11.8. The third kappa shape index (κ3) is 4.55. The number of nitrogens with two attached hydrogens (primary N) is 1. The van der Waals surface area contributed by atoms with Crippen LogP contribution in [0.1, 0.15) is 33.1 Å². The van der Waals surface area contributed by atoms with E-state index in [0.29, 0.717) is 19.8 Å². The molecule has 106 valence electrons. The van der Waals surface area contributed by atoms with E-state index in [0.717, 1.165) is 32.4 Å². The van der Waals surface area contributed by atoms with Crippen LogP contribution in [0.2, 0.25) is 0 Å². The Balaban J connectivity index is 2.37. The Labute approximate surface area is 110 Å². The van der Waals surface area contributed by atoms with E-state index in [1.165, 1.54) is 0 Å². The molecule has 0 aromatic rings. The predicted octanol–water partition coefficient (Wildman–Crippen LogP) is 0.768. The molecule has 0 aromatic carbocycles. The zero-order valence-corrected chi connectivity index (χ0v) is 11.6. The summed E-state index contributed by atoms with van der Waals surface area (Å²) in [6.45, 7) is 7.30. The fraction of sp³-hybridized carbons (Fsp3) is 0.923. The molecule has 1 rings (SSSR count). The van der Waals surface area contributed by atoms with Gasteiger partial charge in [0.2, 0.25) is 0 Å². The summed E-state index contributed by atoms with van der Waals surface area (Å²) in [5.74, 6) is -0.0873. The van der Waals surface area contributed by atoms with E-state index >= 15 is 0 Å². The van der Waals surface area contributed by atoms with Crippen LogP contribution in [0.15, 0.2) is 0 Å². The number of hydrogen-bond donors (Lipinski definition) is 1. The molecule has 0 bridgehead atoms. The number of nitrogens with zero attached hydrogens (tertiary/aromatic N) is 1. The van der Waals surface area contributed by atoms with Crippen molar-refractivity contribution >= 4 is 5.97 Å². The lowest BCUT2D eigenvalue weighted by Crippen LogP contribution is -2.39. The summed E-state index contributed by atoms with van der Waals surface area (Å²) in [5, 5.41) is 0. The summed E-state index contributed by atoms with van der Waals surface area (Å²) in [4.78, 5) is 14.0. The standard InChI is InChI=1S/C13H26N2O3/c1-3-17-11(10-14)7-9-15-8-5-6-12(15)13(16)18-4-2/h11-12H,3-10,14H2,1-2H3. The van der Waals surface area contributed by atoms with Gasteiger partial charge in [0.05, 0.1) is 12.7 Å². The summed E-state index contributed by atoms with van der Waals surface area (Å²) in [6, 6.07) is -0.0648. The molecule has 2 unspecified atom stereocenters. The average molecular weight is 258 g/mol. The van der Waals surface area contributed by atoms with Crippen LogP contribution < -0.4 is 5.73 Å². The molecule has 0 aromatic heterocycles. The molecule has 1 aliphatic heterocycles. The van der Waals surface area contributed by atoms with E-state index in [2.05, 4.69) is 4.90 Å². The van der Waals surface area contributed by atoms with E-state index in [4.69, 9.17) is 15.2 Å². The molecule has 5 heteroatoms. The van der Waals surface area contributed by atoms with E-state index in [1.54, 1.807) is 0 Å². The summed E-state index contributed by atoms with van der Waals surface area (Å²) in [7, 11) is 0. The van der Waals surface area contributed by atoms with Crippen LogP contribution in [0.5, 0.6) is 0 Å². The number of likely N-dealkylation sites (tertiary alicyclic amines) is 1. The summed E-state index contributed by atoms with van der Waals surface area (Å²) < 4.78 is 10.6. The quantitative estimate of drug-likeness (QED) is 0.651. The summed E-state index contributed by atoms with van der Waals surface area (Å²) >= 11 is 0. The number of carbonyl (C=O) groups excluding carboxylic acids is 1. The van der Waals surface area contributed by atoms with Gasteiger partial charge in [-0.3, -0.25) is 9.69 Å². The molecule has 5 nitrogen and oxygen atoms in total. The second-order valence-corrected chi connectivity index (χ2v) is 4.55. The minimum absolute atomic E-state index is 0.0648. The monoisotopic (exact) mass is 258 g/mol. The fourth-order valence-corrected chi connectivity index (χ4v) is 2.41. The predicted molar refractivity (Wildman–Crippen MR) is 70.3 cm³/mol. The average Bonchev–Trinajstić information content (AvgIpc) is 2.83. The van der Waals surface area contributed by atoms with Crippen molar-refractivity contribution in [3.05, 3.63) is 0 Å². The molecular weight excluding hydrogens is 232 g/mol. The van der Waals surface area contributed by atoms with Crippen LogP contribution in [0.4, 0.5) is 0 Å². The van der Waals surface area contributed by atoms with E-state index < -0.39 is 0 Å². The lowest BCUT2D eigenvalue weighted by atomic mass is 10.2. The molecular formula is C13H26N2O3. The van der Waals surface area contributed by atoms with Gasteiger partial charge in [-0.25, -0.2) is 0 Å². The van der Waals surface area contributed by atoms with Gasteiger partial charge < -0.3 is 15.2 Å². The Kier molecular flexibility index (Phi) is 7.23. The largest absolute Gasteiger partial charge is 0.465 e. The Morgan fingerprint density at radius 1 is 1.44 bits per heavy atom. The normalized spacial score (nSPS) is 22.1. The second-order valence-electron chi connectivity index (χ2n) is 4.55. The van der Waals surface area contributed by atoms with Crippen molar-refractivity contribution in [3.63, 3.8) is 0 Å². The molecule has 0 spiro atoms. The first-order chi connectivity index (χ1) is 8.72. The van der Waals surface area contributed by atoms with E-state index in [9.17, 15) is 4.79 Å². The molecule has 0 amide bonds. The van der Waals surface area contributed by atoms with Gasteiger partial charge in [-0.15, -0.1) is 0 Å². The van der Waals surface area contributed by atoms with Gasteiger partial charge >= 0.3 is 5.97 Å². The van der Waals surface area contributed by atoms with Gasteiger partial charge in [-0.2, -0.15) is 0 Å². The minimum Gasteiger partial charge on any atom is -0.465 e. The van der Waals surface area contributed by atoms with Crippen molar-refractivity contribution in [2.45, 2.75) is 45.3 Å². The first-order valence-corrected chi connectivity index (χ1v) is 6.95. The van der Waals surface area contributed by atoms with Crippen LogP contribution in [0.3, 0.4) is 0 Å². The molecule has 2 N–H and O–H groups in total. The molecule has 1 saturated heterocycles. The van der Waals surface area contributed by atoms with Gasteiger partial charge in [-0.1, -0.05) is 0 Å². The maximum absolute atomic E-state index is 11.8. The highest BCUT2D eigenvalue weighted by atomic mass is 16.5. The molecule has 1 aliphatic rings. The number of esters is 1. The van der Waals surface area contributed by atoms with Gasteiger partial charge in [0, 0.05) is 19.7 Å². The number of hydrogen-bond acceptors (Lipinski definition) is 5. The highest BCUT2D eigenvalue weighted by molar-refractivity contribution is 5.76. The highest BCUT2D eigenvalue weighted by Crippen LogP contribution is 2.19. The SMILES string of the molecule is CCOC(=O)C1CCCN1CCC(CN)OCC. The number of rotatable bonds is 8. The lowest BCUT2D eigenvalue weighted by molar-refractivity contribution is -0.148. The van der Waals surface area contributed by atoms with Crippen LogP contribution in [0.25, 0.3) is 0 Å². The topological polar surface area (TPSA) is 64.8 Å².